The zero-order valence-corrected chi connectivity index (χ0v) is 14.7. The van der Waals surface area contributed by atoms with Crippen LogP contribution in [0.15, 0.2) is 48.5 Å². The number of amides is 2. The lowest BCUT2D eigenvalue weighted by molar-refractivity contribution is -0.137. The van der Waals surface area contributed by atoms with Crippen LogP contribution >= 0.6 is 11.8 Å². The first kappa shape index (κ1) is 18.4. The van der Waals surface area contributed by atoms with Crippen LogP contribution in [0.1, 0.15) is 16.5 Å². The zero-order chi connectivity index (χ0) is 18.7. The number of hydrogen-bond donors (Lipinski definition) is 1. The topological polar surface area (TPSA) is 41.6 Å². The molecule has 1 fully saturated rings. The molecule has 2 amide bonds. The van der Waals surface area contributed by atoms with E-state index in [2.05, 4.69) is 5.32 Å². The molecule has 1 atom stereocenters. The Bertz CT molecular complexity index is 798. The van der Waals surface area contributed by atoms with Crippen molar-refractivity contribution in [1.29, 1.82) is 0 Å². The van der Waals surface area contributed by atoms with Crippen molar-refractivity contribution in [1.82, 2.24) is 4.90 Å². The van der Waals surface area contributed by atoms with Crippen molar-refractivity contribution in [2.45, 2.75) is 11.6 Å². The Kier molecular flexibility index (Phi) is 5.31. The van der Waals surface area contributed by atoms with E-state index in [1.54, 1.807) is 30.3 Å². The molecular weight excluding hydrogens is 365 g/mol. The Hall–Kier alpha value is -2.35. The van der Waals surface area contributed by atoms with Crippen LogP contribution in [-0.4, -0.2) is 30.3 Å². The molecule has 4 nitrogen and oxygen atoms in total. The summed E-state index contributed by atoms with van der Waals surface area (Å²) in [6.45, 7) is 0.451. The Labute approximate surface area is 153 Å². The van der Waals surface area contributed by atoms with Gasteiger partial charge in [0.05, 0.1) is 18.4 Å². The number of nitrogens with one attached hydrogen (secondary N) is 1. The van der Waals surface area contributed by atoms with Crippen molar-refractivity contribution in [3.63, 3.8) is 0 Å². The number of methoxy groups -OCH3 is 1. The smallest absolute Gasteiger partial charge is 0.416 e. The van der Waals surface area contributed by atoms with E-state index in [-0.39, 0.29) is 6.03 Å². The summed E-state index contributed by atoms with van der Waals surface area (Å²) in [6, 6.07) is 11.7. The molecule has 0 bridgehead atoms. The first-order valence-electron chi connectivity index (χ1n) is 7.89. The van der Waals surface area contributed by atoms with Crippen LogP contribution in [0.25, 0.3) is 0 Å². The second-order valence-electron chi connectivity index (χ2n) is 5.67. The molecule has 26 heavy (non-hydrogen) atoms. The molecule has 138 valence electrons. The normalized spacial score (nSPS) is 17.2. The summed E-state index contributed by atoms with van der Waals surface area (Å²) in [5, 5.41) is 2.31. The van der Waals surface area contributed by atoms with Crippen LogP contribution in [-0.2, 0) is 6.18 Å². The van der Waals surface area contributed by atoms with Gasteiger partial charge < -0.3 is 15.0 Å². The van der Waals surface area contributed by atoms with Gasteiger partial charge in [0.25, 0.3) is 0 Å². The molecule has 0 saturated carbocycles. The Morgan fingerprint density at radius 2 is 2.00 bits per heavy atom. The van der Waals surface area contributed by atoms with E-state index in [1.165, 1.54) is 29.8 Å². The number of thioether (sulfide) groups is 1. The third-order valence-corrected chi connectivity index (χ3v) is 5.26. The molecule has 1 saturated heterocycles. The van der Waals surface area contributed by atoms with Crippen molar-refractivity contribution >= 4 is 23.5 Å². The highest BCUT2D eigenvalue weighted by Crippen LogP contribution is 2.40. The van der Waals surface area contributed by atoms with E-state index in [1.807, 2.05) is 0 Å². The third kappa shape index (κ3) is 3.90. The Morgan fingerprint density at radius 3 is 2.73 bits per heavy atom. The zero-order valence-electron chi connectivity index (χ0n) is 13.9. The number of ether oxygens (including phenoxy) is 1. The van der Waals surface area contributed by atoms with Crippen molar-refractivity contribution < 1.29 is 22.7 Å². The minimum atomic E-state index is -4.41. The molecule has 8 heteroatoms. The van der Waals surface area contributed by atoms with E-state index < -0.39 is 17.1 Å². The minimum Gasteiger partial charge on any atom is -0.495 e. The summed E-state index contributed by atoms with van der Waals surface area (Å²) >= 11 is 1.44. The summed E-state index contributed by atoms with van der Waals surface area (Å²) in [5.74, 6) is 1.17. The van der Waals surface area contributed by atoms with Crippen LogP contribution < -0.4 is 10.1 Å². The van der Waals surface area contributed by atoms with Crippen LogP contribution in [0.4, 0.5) is 23.7 Å². The fraction of sp³-hybridized carbons (Fsp3) is 0.278. The van der Waals surface area contributed by atoms with Gasteiger partial charge in [0.1, 0.15) is 11.1 Å². The maximum atomic E-state index is 13.0. The van der Waals surface area contributed by atoms with Crippen molar-refractivity contribution in [2.24, 2.45) is 0 Å². The first-order valence-corrected chi connectivity index (χ1v) is 8.94. The largest absolute Gasteiger partial charge is 0.495 e. The van der Waals surface area contributed by atoms with Gasteiger partial charge in [0.15, 0.2) is 0 Å². The Morgan fingerprint density at radius 1 is 1.23 bits per heavy atom. The molecule has 1 aliphatic heterocycles. The molecule has 2 aromatic carbocycles. The number of halogens is 3. The second kappa shape index (κ2) is 7.49. The molecule has 0 aromatic heterocycles. The Balaban J connectivity index is 1.81. The molecule has 2 aromatic rings. The van der Waals surface area contributed by atoms with E-state index >= 15 is 0 Å². The lowest BCUT2D eigenvalue weighted by atomic mass is 10.1. The first-order chi connectivity index (χ1) is 12.4. The molecule has 0 unspecified atom stereocenters. The summed E-state index contributed by atoms with van der Waals surface area (Å²) < 4.78 is 44.1. The predicted molar refractivity (Wildman–Crippen MR) is 95.4 cm³/mol. The van der Waals surface area contributed by atoms with Crippen molar-refractivity contribution in [3.8, 4) is 5.75 Å². The number of carbonyl (C=O) groups is 1. The van der Waals surface area contributed by atoms with Gasteiger partial charge in [-0.1, -0.05) is 24.3 Å². The van der Waals surface area contributed by atoms with E-state index in [9.17, 15) is 18.0 Å². The number of anilines is 1. The van der Waals surface area contributed by atoms with E-state index in [4.69, 9.17) is 4.74 Å². The number of alkyl halides is 3. The quantitative estimate of drug-likeness (QED) is 0.813. The predicted octanol–water partition coefficient (Wildman–Crippen LogP) is 4.99. The van der Waals surface area contributed by atoms with Gasteiger partial charge in [-0.25, -0.2) is 4.79 Å². The molecule has 0 radical (unpaired) electrons. The highest BCUT2D eigenvalue weighted by atomic mass is 32.2. The minimum absolute atomic E-state index is 0.373. The van der Waals surface area contributed by atoms with Gasteiger partial charge in [0.2, 0.25) is 0 Å². The third-order valence-electron chi connectivity index (χ3n) is 4.00. The van der Waals surface area contributed by atoms with Gasteiger partial charge in [-0.3, -0.25) is 0 Å². The molecule has 1 aliphatic rings. The average Bonchev–Trinajstić information content (AvgIpc) is 3.11. The number of carbonyl (C=O) groups excluding carboxylic acids is 1. The van der Waals surface area contributed by atoms with Gasteiger partial charge >= 0.3 is 12.2 Å². The fourth-order valence-corrected chi connectivity index (χ4v) is 4.00. The second-order valence-corrected chi connectivity index (χ2v) is 6.86. The summed E-state index contributed by atoms with van der Waals surface area (Å²) in [4.78, 5) is 14.2. The number of urea groups is 1. The SMILES string of the molecule is COc1ccccc1NC(=O)N1CCS[C@H]1c1cccc(C(F)(F)F)c1. The number of benzene rings is 2. The summed E-state index contributed by atoms with van der Waals surface area (Å²) in [7, 11) is 1.50. The van der Waals surface area contributed by atoms with E-state index in [0.29, 0.717) is 29.3 Å². The highest BCUT2D eigenvalue weighted by molar-refractivity contribution is 7.99. The maximum absolute atomic E-state index is 13.0. The molecule has 1 N–H and O–H groups in total. The molecule has 1 heterocycles. The number of para-hydroxylation sites is 2. The maximum Gasteiger partial charge on any atom is 0.416 e. The van der Waals surface area contributed by atoms with E-state index in [0.717, 1.165) is 12.1 Å². The average molecular weight is 382 g/mol. The van der Waals surface area contributed by atoms with Gasteiger partial charge in [-0.2, -0.15) is 13.2 Å². The highest BCUT2D eigenvalue weighted by Gasteiger charge is 2.34. The molecule has 0 aliphatic carbocycles. The van der Waals surface area contributed by atoms with Crippen LogP contribution in [0.3, 0.4) is 0 Å². The van der Waals surface area contributed by atoms with Crippen molar-refractivity contribution in [3.05, 3.63) is 59.7 Å². The molecular formula is C18H17F3N2O2S. The number of nitrogens with zero attached hydrogens (tertiary/aromatic N) is 1. The van der Waals surface area contributed by atoms with Crippen LogP contribution in [0, 0.1) is 0 Å². The van der Waals surface area contributed by atoms with Gasteiger partial charge in [-0.15, -0.1) is 11.8 Å². The summed E-state index contributed by atoms with van der Waals surface area (Å²) in [6.07, 6.45) is -4.41. The van der Waals surface area contributed by atoms with Gasteiger partial charge in [0, 0.05) is 12.3 Å². The lowest BCUT2D eigenvalue weighted by Crippen LogP contribution is -2.34. The van der Waals surface area contributed by atoms with Crippen LogP contribution in [0.2, 0.25) is 0 Å². The fourth-order valence-electron chi connectivity index (χ4n) is 2.76. The summed E-state index contributed by atoms with van der Waals surface area (Å²) in [5.41, 5.74) is 0.254. The van der Waals surface area contributed by atoms with Crippen molar-refractivity contribution in [2.75, 3.05) is 24.7 Å². The number of hydrogen-bond acceptors (Lipinski definition) is 3. The lowest BCUT2D eigenvalue weighted by Gasteiger charge is -2.25. The standard InChI is InChI=1S/C18H17F3N2O2S/c1-25-15-8-3-2-7-14(15)22-17(24)23-9-10-26-16(23)12-5-4-6-13(11-12)18(19,20)21/h2-8,11,16H,9-10H2,1H3,(H,22,24)/t16-/m0/s1. The monoisotopic (exact) mass is 382 g/mol. The van der Waals surface area contributed by atoms with Gasteiger partial charge in [-0.05, 0) is 29.8 Å². The molecule has 3 rings (SSSR count). The van der Waals surface area contributed by atoms with Crippen LogP contribution in [0.5, 0.6) is 5.75 Å². The molecule has 0 spiro atoms. The number of rotatable bonds is 3.